The van der Waals surface area contributed by atoms with Gasteiger partial charge in [0.25, 0.3) is 0 Å². The lowest BCUT2D eigenvalue weighted by Gasteiger charge is -2.13. The van der Waals surface area contributed by atoms with Crippen molar-refractivity contribution in [3.05, 3.63) is 83.8 Å². The van der Waals surface area contributed by atoms with Gasteiger partial charge in [0.05, 0.1) is 25.0 Å². The number of rotatable bonds is 9. The molecule has 0 saturated carbocycles. The summed E-state index contributed by atoms with van der Waals surface area (Å²) in [4.78, 5) is 42.3. The van der Waals surface area contributed by atoms with Gasteiger partial charge in [-0.25, -0.2) is 19.4 Å². The van der Waals surface area contributed by atoms with E-state index in [4.69, 9.17) is 9.84 Å². The summed E-state index contributed by atoms with van der Waals surface area (Å²) in [6.07, 6.45) is 3.03. The van der Waals surface area contributed by atoms with Crippen molar-refractivity contribution >= 4 is 17.9 Å². The number of H-pyrrole nitrogens is 1. The molecule has 0 radical (unpaired) electrons. The van der Waals surface area contributed by atoms with Gasteiger partial charge in [-0.1, -0.05) is 36.4 Å². The Morgan fingerprint density at radius 2 is 1.91 bits per heavy atom. The maximum absolute atomic E-state index is 12.4. The highest BCUT2D eigenvalue weighted by molar-refractivity contribution is 6.02. The van der Waals surface area contributed by atoms with Crippen molar-refractivity contribution in [1.29, 1.82) is 0 Å². The first-order valence-electron chi connectivity index (χ1n) is 10.0. The fourth-order valence-electron chi connectivity index (χ4n) is 3.03. The maximum Gasteiger partial charge on any atom is 0.349 e. The number of benzene rings is 2. The van der Waals surface area contributed by atoms with Crippen molar-refractivity contribution in [3.8, 4) is 17.0 Å². The monoisotopic (exact) mass is 449 g/mol. The number of ether oxygens (including phenoxy) is 2. The second-order valence-corrected chi connectivity index (χ2v) is 7.07. The van der Waals surface area contributed by atoms with Gasteiger partial charge >= 0.3 is 17.9 Å². The van der Waals surface area contributed by atoms with E-state index in [9.17, 15) is 14.4 Å². The molecule has 1 heterocycles. The molecule has 170 valence electrons. The minimum Gasteiger partial charge on any atom is -0.496 e. The Hall–Kier alpha value is -4.24. The third-order valence-corrected chi connectivity index (χ3v) is 4.74. The maximum atomic E-state index is 12.4. The molecule has 3 rings (SSSR count). The Balaban J connectivity index is 1.66. The number of carboxylic acid groups (broad SMARTS) is 1. The first-order chi connectivity index (χ1) is 15.9. The van der Waals surface area contributed by atoms with Crippen molar-refractivity contribution in [2.24, 2.45) is 0 Å². The molecular weight excluding hydrogens is 426 g/mol. The normalized spacial score (nSPS) is 11.8. The van der Waals surface area contributed by atoms with E-state index in [-0.39, 0.29) is 17.4 Å². The highest BCUT2D eigenvalue weighted by atomic mass is 16.6. The van der Waals surface area contributed by atoms with Crippen molar-refractivity contribution in [2.45, 2.75) is 19.5 Å². The highest BCUT2D eigenvalue weighted by Crippen LogP contribution is 2.22. The topological polar surface area (TPSA) is 131 Å². The van der Waals surface area contributed by atoms with E-state index in [1.807, 2.05) is 37.3 Å². The molecule has 0 spiro atoms. The first-order valence-corrected chi connectivity index (χ1v) is 10.0. The molecule has 33 heavy (non-hydrogen) atoms. The van der Waals surface area contributed by atoms with E-state index >= 15 is 0 Å². The smallest absolute Gasteiger partial charge is 0.349 e. The Labute approximate surface area is 190 Å². The van der Waals surface area contributed by atoms with E-state index in [1.54, 1.807) is 24.4 Å². The molecule has 0 aliphatic heterocycles. The molecular formula is C24H23N3O6. The van der Waals surface area contributed by atoms with Crippen LogP contribution in [0.5, 0.6) is 5.75 Å². The highest BCUT2D eigenvalue weighted by Gasteiger charge is 2.18. The molecule has 3 N–H and O–H groups in total. The lowest BCUT2D eigenvalue weighted by Crippen LogP contribution is -2.20. The Morgan fingerprint density at radius 1 is 1.15 bits per heavy atom. The third-order valence-electron chi connectivity index (χ3n) is 4.74. The molecule has 0 fully saturated rings. The van der Waals surface area contributed by atoms with Gasteiger partial charge in [-0.05, 0) is 30.2 Å². The first kappa shape index (κ1) is 23.4. The van der Waals surface area contributed by atoms with Crippen LogP contribution in [-0.4, -0.2) is 40.1 Å². The zero-order valence-electron chi connectivity index (χ0n) is 18.1. The van der Waals surface area contributed by atoms with Crippen LogP contribution in [0.2, 0.25) is 0 Å². The molecule has 2 aromatic carbocycles. The summed E-state index contributed by atoms with van der Waals surface area (Å²) < 4.78 is 9.86. The average molecular weight is 449 g/mol. The Morgan fingerprint density at radius 3 is 2.61 bits per heavy atom. The molecule has 3 aromatic rings. The number of carbonyl (C=O) groups is 3. The summed E-state index contributed by atoms with van der Waals surface area (Å²) >= 11 is 0. The molecule has 0 aliphatic carbocycles. The number of carboxylic acids is 1. The van der Waals surface area contributed by atoms with Gasteiger partial charge in [0.15, 0.2) is 0 Å². The quantitative estimate of drug-likeness (QED) is 0.258. The molecule has 9 heteroatoms. The predicted octanol–water partition coefficient (Wildman–Crippen LogP) is 3.26. The number of aliphatic carboxylic acids is 1. The molecule has 0 bridgehead atoms. The van der Waals surface area contributed by atoms with Gasteiger partial charge < -0.3 is 24.9 Å². The molecule has 0 unspecified atom stereocenters. The summed E-state index contributed by atoms with van der Waals surface area (Å²) in [5.74, 6) is -2.37. The van der Waals surface area contributed by atoms with Gasteiger partial charge in [0, 0.05) is 18.7 Å². The van der Waals surface area contributed by atoms with E-state index in [0.717, 1.165) is 22.6 Å². The van der Waals surface area contributed by atoms with Gasteiger partial charge in [0.2, 0.25) is 0 Å². The fourth-order valence-corrected chi connectivity index (χ4v) is 3.03. The zero-order valence-corrected chi connectivity index (χ0v) is 18.1. The van der Waals surface area contributed by atoms with Gasteiger partial charge in [0.1, 0.15) is 17.1 Å². The lowest BCUT2D eigenvalue weighted by atomic mass is 10.1. The molecule has 0 amide bonds. The number of nitrogens with zero attached hydrogens (tertiary/aromatic N) is 1. The van der Waals surface area contributed by atoms with Crippen LogP contribution in [0.4, 0.5) is 0 Å². The molecule has 9 nitrogen and oxygen atoms in total. The lowest BCUT2D eigenvalue weighted by molar-refractivity contribution is -0.134. The van der Waals surface area contributed by atoms with E-state index in [1.165, 1.54) is 7.11 Å². The standard InChI is InChI=1S/C24H23N3O6/c1-15(23-26-14-19(27-23)17-6-4-3-5-7-17)25-13-16-8-9-20(32-2)18(12-16)24(31)33-22(30)11-10-21(28)29/h3-12,14-15,25H,13H2,1-2H3,(H,26,27)(H,28,29)/b11-10-/t15-/m0/s1. The average Bonchev–Trinajstić information content (AvgIpc) is 3.32. The molecule has 0 aliphatic rings. The predicted molar refractivity (Wildman–Crippen MR) is 119 cm³/mol. The van der Waals surface area contributed by atoms with Crippen LogP contribution >= 0.6 is 0 Å². The van der Waals surface area contributed by atoms with Crippen molar-refractivity contribution in [1.82, 2.24) is 15.3 Å². The third kappa shape index (κ3) is 6.37. The van der Waals surface area contributed by atoms with Crippen molar-refractivity contribution in [2.75, 3.05) is 7.11 Å². The number of aromatic nitrogens is 2. The summed E-state index contributed by atoms with van der Waals surface area (Å²) in [6, 6.07) is 14.7. The number of esters is 2. The number of nitrogens with one attached hydrogen (secondary N) is 2. The van der Waals surface area contributed by atoms with E-state index in [2.05, 4.69) is 20.0 Å². The van der Waals surface area contributed by atoms with Crippen LogP contribution in [0.3, 0.4) is 0 Å². The van der Waals surface area contributed by atoms with E-state index < -0.39 is 17.9 Å². The minimum absolute atomic E-state index is 0.0471. The Bertz CT molecular complexity index is 1170. The number of hydrogen-bond donors (Lipinski definition) is 3. The Kier molecular flexibility index (Phi) is 7.72. The fraction of sp³-hybridized carbons (Fsp3) is 0.167. The second kappa shape index (κ2) is 10.9. The number of carbonyl (C=O) groups excluding carboxylic acids is 2. The number of hydrogen-bond acceptors (Lipinski definition) is 7. The summed E-state index contributed by atoms with van der Waals surface area (Å²) in [7, 11) is 1.39. The van der Waals surface area contributed by atoms with Gasteiger partial charge in [-0.15, -0.1) is 0 Å². The number of methoxy groups -OCH3 is 1. The number of imidazole rings is 1. The number of aromatic amines is 1. The van der Waals surface area contributed by atoms with Crippen LogP contribution in [0.1, 0.15) is 34.7 Å². The van der Waals surface area contributed by atoms with Gasteiger partial charge in [-0.3, -0.25) is 0 Å². The minimum atomic E-state index is -1.33. The van der Waals surface area contributed by atoms with Crippen LogP contribution in [0.25, 0.3) is 11.3 Å². The van der Waals surface area contributed by atoms with Crippen molar-refractivity contribution in [3.63, 3.8) is 0 Å². The molecule has 0 saturated heterocycles. The largest absolute Gasteiger partial charge is 0.496 e. The van der Waals surface area contributed by atoms with Crippen LogP contribution in [0.15, 0.2) is 66.9 Å². The van der Waals surface area contributed by atoms with Crippen LogP contribution < -0.4 is 10.1 Å². The van der Waals surface area contributed by atoms with Gasteiger partial charge in [-0.2, -0.15) is 0 Å². The van der Waals surface area contributed by atoms with Crippen LogP contribution in [0, 0.1) is 0 Å². The summed E-state index contributed by atoms with van der Waals surface area (Å²) in [5.41, 5.74) is 2.74. The second-order valence-electron chi connectivity index (χ2n) is 7.07. The van der Waals surface area contributed by atoms with E-state index in [0.29, 0.717) is 18.7 Å². The summed E-state index contributed by atoms with van der Waals surface area (Å²) in [6.45, 7) is 2.36. The van der Waals surface area contributed by atoms with Crippen LogP contribution in [-0.2, 0) is 20.9 Å². The molecule has 1 aromatic heterocycles. The molecule has 1 atom stereocenters. The SMILES string of the molecule is COc1ccc(CN[C@@H](C)c2ncc(-c3ccccc3)[nH]2)cc1C(=O)OC(=O)/C=C\C(=O)O. The zero-order chi connectivity index (χ0) is 23.8. The van der Waals surface area contributed by atoms with Crippen molar-refractivity contribution < 1.29 is 29.0 Å². The summed E-state index contributed by atoms with van der Waals surface area (Å²) in [5, 5.41) is 11.9.